The van der Waals surface area contributed by atoms with Crippen LogP contribution in [0, 0.1) is 20.8 Å². The molecule has 8 aromatic rings. The minimum atomic E-state index is -4.48. The maximum Gasteiger partial charge on any atom is 0.416 e. The van der Waals surface area contributed by atoms with E-state index < -0.39 is 52.8 Å². The first-order chi connectivity index (χ1) is 29.0. The van der Waals surface area contributed by atoms with Gasteiger partial charge in [-0.25, -0.2) is 24.7 Å². The Labute approximate surface area is 357 Å². The lowest BCUT2D eigenvalue weighted by atomic mass is 10.0. The number of thiophene rings is 3. The number of fused-ring (bicyclic) bond motifs is 2. The number of aromatic carboxylic acids is 1. The van der Waals surface area contributed by atoms with Gasteiger partial charge in [0.2, 0.25) is 5.82 Å². The summed E-state index contributed by atoms with van der Waals surface area (Å²) in [4.78, 5) is 43.4. The van der Waals surface area contributed by atoms with Crippen LogP contribution in [-0.4, -0.2) is 36.8 Å². The lowest BCUT2D eigenvalue weighted by molar-refractivity contribution is -0.138. The van der Waals surface area contributed by atoms with Crippen molar-refractivity contribution in [2.45, 2.75) is 39.3 Å². The molecule has 0 saturated carbocycles. The van der Waals surface area contributed by atoms with Crippen LogP contribution < -0.4 is 5.73 Å². The van der Waals surface area contributed by atoms with E-state index in [0.29, 0.717) is 26.5 Å². The van der Waals surface area contributed by atoms with Crippen LogP contribution in [0.25, 0.3) is 42.9 Å². The van der Waals surface area contributed by atoms with Gasteiger partial charge in [-0.2, -0.15) is 39.5 Å². The molecule has 0 aliphatic carbocycles. The first kappa shape index (κ1) is 45.3. The number of benzene rings is 3. The summed E-state index contributed by atoms with van der Waals surface area (Å²) in [6.07, 6.45) is -11.9. The first-order valence-electron chi connectivity index (χ1n) is 17.7. The van der Waals surface area contributed by atoms with E-state index in [-0.39, 0.29) is 22.4 Å². The van der Waals surface area contributed by atoms with E-state index >= 15 is 0 Å². The van der Waals surface area contributed by atoms with Crippen molar-refractivity contribution < 1.29 is 54.2 Å². The molecule has 0 spiro atoms. The van der Waals surface area contributed by atoms with Gasteiger partial charge in [-0.15, -0.1) is 34.0 Å². The fourth-order valence-electron chi connectivity index (χ4n) is 5.95. The molecule has 0 radical (unpaired) electrons. The van der Waals surface area contributed by atoms with Crippen molar-refractivity contribution in [2.75, 3.05) is 5.73 Å². The van der Waals surface area contributed by atoms with Gasteiger partial charge in [0, 0.05) is 42.1 Å². The standard InChI is InChI=1S/C15H9F3N2O2S.C14H9F3N2S.C13H10F3NOS/c1-7-5-10-11(19-12(14(21)22)20-13(10)23-7)8-3-2-4-9(6-8)15(16,17)18;1-8-5-11-12(18-7-19-13(11)20-8)9-3-2-4-10(6-9)14(15,16)17;1-7-5-10(12(17)19-7)11(18)8-3-2-4-9(6-8)13(14,15)16/h2-6H,1H3,(H,21,22);2-7H,1H3;2-6H,17H2,1H3. The maximum atomic E-state index is 12.9. The van der Waals surface area contributed by atoms with Crippen molar-refractivity contribution in [3.8, 4) is 22.5 Å². The monoisotopic (exact) mass is 917 g/mol. The molecule has 8 rings (SSSR count). The van der Waals surface area contributed by atoms with Gasteiger partial charge in [-0.1, -0.05) is 36.4 Å². The molecule has 0 fully saturated rings. The highest BCUT2D eigenvalue weighted by Crippen LogP contribution is 2.37. The number of alkyl halides is 9. The number of nitrogen functional groups attached to an aromatic ring is 1. The van der Waals surface area contributed by atoms with Crippen LogP contribution in [0.2, 0.25) is 0 Å². The Morgan fingerprint density at radius 1 is 0.581 bits per heavy atom. The Kier molecular flexibility index (Phi) is 12.9. The van der Waals surface area contributed by atoms with E-state index in [1.54, 1.807) is 25.1 Å². The molecule has 3 aromatic carbocycles. The molecular formula is C42H28F9N5O3S3. The Bertz CT molecular complexity index is 2950. The van der Waals surface area contributed by atoms with Gasteiger partial charge in [-0.05, 0) is 75.4 Å². The molecule has 0 aliphatic heterocycles. The Hall–Kier alpha value is -6.25. The van der Waals surface area contributed by atoms with E-state index in [2.05, 4.69) is 19.9 Å². The van der Waals surface area contributed by atoms with Gasteiger partial charge in [0.15, 0.2) is 5.78 Å². The number of hydrogen-bond acceptors (Lipinski definition) is 10. The van der Waals surface area contributed by atoms with Crippen LogP contribution >= 0.6 is 34.0 Å². The molecule has 3 N–H and O–H groups in total. The maximum absolute atomic E-state index is 12.9. The van der Waals surface area contributed by atoms with Crippen molar-refractivity contribution >= 4 is 71.2 Å². The predicted molar refractivity (Wildman–Crippen MR) is 220 cm³/mol. The number of nitrogens with zero attached hydrogens (tertiary/aromatic N) is 4. The van der Waals surface area contributed by atoms with E-state index in [4.69, 9.17) is 10.8 Å². The molecular weight excluding hydrogens is 890 g/mol. The van der Waals surface area contributed by atoms with Crippen molar-refractivity contribution in [1.29, 1.82) is 0 Å². The minimum absolute atomic E-state index is 0.0145. The van der Waals surface area contributed by atoms with E-state index in [1.165, 1.54) is 70.7 Å². The van der Waals surface area contributed by atoms with Gasteiger partial charge in [-0.3, -0.25) is 4.79 Å². The third kappa shape index (κ3) is 10.4. The summed E-state index contributed by atoms with van der Waals surface area (Å²) in [6.45, 7) is 5.52. The molecule has 0 saturated heterocycles. The van der Waals surface area contributed by atoms with Crippen molar-refractivity contribution in [2.24, 2.45) is 0 Å². The highest BCUT2D eigenvalue weighted by atomic mass is 32.1. The zero-order valence-electron chi connectivity index (χ0n) is 32.0. The number of halogens is 9. The summed E-state index contributed by atoms with van der Waals surface area (Å²) in [5, 5.41) is 10.8. The normalized spacial score (nSPS) is 11.8. The molecule has 0 aliphatic rings. The summed E-state index contributed by atoms with van der Waals surface area (Å²) in [6, 6.07) is 19.4. The molecule has 5 aromatic heterocycles. The summed E-state index contributed by atoms with van der Waals surface area (Å²) < 4.78 is 115. The van der Waals surface area contributed by atoms with Gasteiger partial charge in [0.05, 0.1) is 38.6 Å². The average Bonchev–Trinajstić information content (AvgIpc) is 3.90. The van der Waals surface area contributed by atoms with E-state index in [9.17, 15) is 49.1 Å². The number of carbonyl (C=O) groups excluding carboxylic acids is 1. The fraction of sp³-hybridized carbons (Fsp3) is 0.143. The van der Waals surface area contributed by atoms with Gasteiger partial charge >= 0.3 is 24.5 Å². The van der Waals surface area contributed by atoms with Crippen molar-refractivity contribution in [1.82, 2.24) is 19.9 Å². The summed E-state index contributed by atoms with van der Waals surface area (Å²) >= 11 is 4.00. The van der Waals surface area contributed by atoms with Crippen molar-refractivity contribution in [3.05, 3.63) is 146 Å². The highest BCUT2D eigenvalue weighted by molar-refractivity contribution is 7.19. The van der Waals surface area contributed by atoms with E-state index in [1.807, 2.05) is 19.9 Å². The molecule has 320 valence electrons. The molecule has 0 atom stereocenters. The zero-order chi connectivity index (χ0) is 45.3. The Balaban J connectivity index is 0.000000156. The first-order valence-corrected chi connectivity index (χ1v) is 20.1. The molecule has 5 heterocycles. The molecule has 0 amide bonds. The average molecular weight is 918 g/mol. The number of carbonyl (C=O) groups is 2. The van der Waals surface area contributed by atoms with Gasteiger partial charge < -0.3 is 10.8 Å². The summed E-state index contributed by atoms with van der Waals surface area (Å²) in [5.41, 5.74) is 4.95. The number of carboxylic acids is 1. The third-order valence-electron chi connectivity index (χ3n) is 8.67. The summed E-state index contributed by atoms with van der Waals surface area (Å²) in [5.74, 6) is -2.26. The number of hydrogen-bond donors (Lipinski definition) is 2. The lowest BCUT2D eigenvalue weighted by Gasteiger charge is -2.09. The molecule has 62 heavy (non-hydrogen) atoms. The number of aromatic nitrogens is 4. The smallest absolute Gasteiger partial charge is 0.416 e. The van der Waals surface area contributed by atoms with Crippen LogP contribution in [0.4, 0.5) is 44.5 Å². The number of aryl methyl sites for hydroxylation is 3. The SMILES string of the molecule is Cc1cc(C(=O)c2cccc(C(F)(F)F)c2)c(N)s1.Cc1cc2c(-c3cccc(C(F)(F)F)c3)nc(C(=O)O)nc2s1.Cc1cc2c(-c3cccc(C(F)(F)F)c3)ncnc2s1. The minimum Gasteiger partial charge on any atom is -0.475 e. The number of nitrogens with two attached hydrogens (primary N) is 1. The fourth-order valence-corrected chi connectivity index (χ4v) is 8.46. The molecule has 0 bridgehead atoms. The molecule has 0 unspecified atom stereocenters. The third-order valence-corrected chi connectivity index (χ3v) is 11.4. The van der Waals surface area contributed by atoms with E-state index in [0.717, 1.165) is 61.2 Å². The summed E-state index contributed by atoms with van der Waals surface area (Å²) in [7, 11) is 0. The quantitative estimate of drug-likeness (QED) is 0.129. The topological polar surface area (TPSA) is 132 Å². The second kappa shape index (κ2) is 17.6. The number of anilines is 1. The lowest BCUT2D eigenvalue weighted by Crippen LogP contribution is -2.08. The van der Waals surface area contributed by atoms with Crippen LogP contribution in [-0.2, 0) is 18.5 Å². The largest absolute Gasteiger partial charge is 0.475 e. The second-order valence-corrected chi connectivity index (χ2v) is 17.0. The predicted octanol–water partition coefficient (Wildman–Crippen LogP) is 13.0. The number of rotatable bonds is 5. The second-order valence-electron chi connectivity index (χ2n) is 13.3. The van der Waals surface area contributed by atoms with Crippen LogP contribution in [0.5, 0.6) is 0 Å². The van der Waals surface area contributed by atoms with Crippen LogP contribution in [0.1, 0.15) is 57.9 Å². The highest BCUT2D eigenvalue weighted by Gasteiger charge is 2.33. The van der Waals surface area contributed by atoms with Crippen LogP contribution in [0.15, 0.2) is 97.3 Å². The molecule has 8 nitrogen and oxygen atoms in total. The number of carboxylic acid groups (broad SMARTS) is 1. The number of ketones is 1. The zero-order valence-corrected chi connectivity index (χ0v) is 34.4. The van der Waals surface area contributed by atoms with Gasteiger partial charge in [0.25, 0.3) is 0 Å². The Morgan fingerprint density at radius 3 is 1.58 bits per heavy atom. The van der Waals surface area contributed by atoms with Crippen LogP contribution in [0.3, 0.4) is 0 Å². The molecule has 20 heteroatoms. The van der Waals surface area contributed by atoms with Gasteiger partial charge in [0.1, 0.15) is 16.0 Å². The van der Waals surface area contributed by atoms with Crippen molar-refractivity contribution in [3.63, 3.8) is 0 Å². The Morgan fingerprint density at radius 2 is 1.06 bits per heavy atom.